The highest BCUT2D eigenvalue weighted by molar-refractivity contribution is 5.71. The van der Waals surface area contributed by atoms with Crippen LogP contribution in [0.3, 0.4) is 0 Å². The van der Waals surface area contributed by atoms with Gasteiger partial charge in [0.05, 0.1) is 0 Å². The summed E-state index contributed by atoms with van der Waals surface area (Å²) in [6.07, 6.45) is 53.2. The smallest absolute Gasteiger partial charge is 0.306 e. The summed E-state index contributed by atoms with van der Waals surface area (Å²) >= 11 is 0. The van der Waals surface area contributed by atoms with E-state index in [0.717, 1.165) is 77.0 Å². The molecule has 0 heterocycles. The molecule has 0 N–H and O–H groups in total. The number of rotatable bonds is 39. The van der Waals surface area contributed by atoms with Crippen molar-refractivity contribution < 1.29 is 28.6 Å². The zero-order chi connectivity index (χ0) is 40.1. The summed E-state index contributed by atoms with van der Waals surface area (Å²) in [5.74, 6) is -1.00. The van der Waals surface area contributed by atoms with Crippen molar-refractivity contribution in [3.8, 4) is 0 Å². The van der Waals surface area contributed by atoms with Crippen molar-refractivity contribution in [2.24, 2.45) is 0 Å². The van der Waals surface area contributed by atoms with E-state index < -0.39 is 6.10 Å². The molecule has 0 aliphatic rings. The lowest BCUT2D eigenvalue weighted by molar-refractivity contribution is -0.167. The zero-order valence-electron chi connectivity index (χ0n) is 35.7. The third-order valence-electron chi connectivity index (χ3n) is 9.21. The second kappa shape index (κ2) is 43.6. The normalized spacial score (nSPS) is 12.7. The van der Waals surface area contributed by atoms with E-state index in [-0.39, 0.29) is 44.0 Å². The minimum Gasteiger partial charge on any atom is -0.462 e. The summed E-state index contributed by atoms with van der Waals surface area (Å²) in [6.45, 7) is 6.44. The second-order valence-electron chi connectivity index (χ2n) is 14.6. The summed E-state index contributed by atoms with van der Waals surface area (Å²) in [4.78, 5) is 37.6. The zero-order valence-corrected chi connectivity index (χ0v) is 35.7. The Morgan fingerprint density at radius 3 is 1.29 bits per heavy atom. The lowest BCUT2D eigenvalue weighted by Gasteiger charge is -2.18. The topological polar surface area (TPSA) is 78.9 Å². The molecule has 0 aromatic rings. The SMILES string of the molecule is CCCC/C=C\C=C/CCCCCC(=O)OC(COC(=O)CCC/C=C\C/C=C\C/C=C\C/C=C\CCCCC)COC(=O)CCCCCCCCCCC. The van der Waals surface area contributed by atoms with Crippen LogP contribution in [0.4, 0.5) is 0 Å². The maximum atomic E-state index is 12.7. The molecular weight excluding hydrogens is 685 g/mol. The number of esters is 3. The predicted octanol–water partition coefficient (Wildman–Crippen LogP) is 14.3. The highest BCUT2D eigenvalue weighted by atomic mass is 16.6. The van der Waals surface area contributed by atoms with Crippen LogP contribution in [-0.4, -0.2) is 37.2 Å². The number of carbonyl (C=O) groups is 3. The molecule has 1 unspecified atom stereocenters. The molecule has 0 aliphatic carbocycles. The van der Waals surface area contributed by atoms with E-state index in [4.69, 9.17) is 14.2 Å². The van der Waals surface area contributed by atoms with Crippen molar-refractivity contribution in [3.63, 3.8) is 0 Å². The van der Waals surface area contributed by atoms with Crippen LogP contribution in [0.5, 0.6) is 0 Å². The van der Waals surface area contributed by atoms with Crippen molar-refractivity contribution in [2.75, 3.05) is 13.2 Å². The van der Waals surface area contributed by atoms with Crippen molar-refractivity contribution in [1.82, 2.24) is 0 Å². The summed E-state index contributed by atoms with van der Waals surface area (Å²) in [7, 11) is 0. The largest absolute Gasteiger partial charge is 0.462 e. The molecule has 0 amide bonds. The molecule has 0 radical (unpaired) electrons. The molecule has 0 aromatic heterocycles. The molecular formula is C49H82O6. The van der Waals surface area contributed by atoms with Crippen LogP contribution in [0, 0.1) is 0 Å². The molecule has 314 valence electrons. The Bertz CT molecular complexity index is 1070. The third kappa shape index (κ3) is 41.8. The summed E-state index contributed by atoms with van der Waals surface area (Å²) in [5, 5.41) is 0. The molecule has 0 bridgehead atoms. The van der Waals surface area contributed by atoms with E-state index in [1.807, 2.05) is 0 Å². The lowest BCUT2D eigenvalue weighted by atomic mass is 10.1. The molecule has 0 saturated carbocycles. The fourth-order valence-corrected chi connectivity index (χ4v) is 5.76. The Morgan fingerprint density at radius 1 is 0.382 bits per heavy atom. The van der Waals surface area contributed by atoms with Crippen molar-refractivity contribution >= 4 is 17.9 Å². The highest BCUT2D eigenvalue weighted by Gasteiger charge is 2.19. The molecule has 0 fully saturated rings. The van der Waals surface area contributed by atoms with Crippen LogP contribution in [0.25, 0.3) is 0 Å². The molecule has 6 nitrogen and oxygen atoms in total. The average Bonchev–Trinajstić information content (AvgIpc) is 3.18. The first-order valence-electron chi connectivity index (χ1n) is 22.5. The maximum absolute atomic E-state index is 12.7. The van der Waals surface area contributed by atoms with Gasteiger partial charge in [0.25, 0.3) is 0 Å². The van der Waals surface area contributed by atoms with Gasteiger partial charge in [-0.05, 0) is 77.0 Å². The van der Waals surface area contributed by atoms with Gasteiger partial charge >= 0.3 is 17.9 Å². The fourth-order valence-electron chi connectivity index (χ4n) is 5.76. The van der Waals surface area contributed by atoms with Gasteiger partial charge in [0.15, 0.2) is 6.10 Å². The second-order valence-corrected chi connectivity index (χ2v) is 14.6. The lowest BCUT2D eigenvalue weighted by Crippen LogP contribution is -2.30. The van der Waals surface area contributed by atoms with Crippen LogP contribution in [0.1, 0.15) is 201 Å². The first kappa shape index (κ1) is 51.9. The van der Waals surface area contributed by atoms with Crippen molar-refractivity contribution in [1.29, 1.82) is 0 Å². The van der Waals surface area contributed by atoms with Crippen molar-refractivity contribution in [2.45, 2.75) is 207 Å². The fraction of sp³-hybridized carbons (Fsp3) is 0.694. The predicted molar refractivity (Wildman–Crippen MR) is 233 cm³/mol. The van der Waals surface area contributed by atoms with E-state index in [1.165, 1.54) is 77.0 Å². The standard InChI is InChI=1S/C49H82O6/c1-4-7-10-13-16-19-21-22-23-24-25-26-28-30-33-36-39-42-48(51)54-45-46(44-53-47(50)41-38-35-32-29-18-15-12-9-6-3)55-49(52)43-40-37-34-31-27-20-17-14-11-8-5-2/h14,16-17,19-20,22-23,25-27,30,33,46H,4-13,15,18,21,24,28-29,31-32,34-45H2,1-3H3/b17-14-,19-16-,23-22-,26-25-,27-20-,33-30-. The average molecular weight is 767 g/mol. The number of carbonyl (C=O) groups excluding carboxylic acids is 3. The maximum Gasteiger partial charge on any atom is 0.306 e. The van der Waals surface area contributed by atoms with Crippen LogP contribution in [0.15, 0.2) is 72.9 Å². The third-order valence-corrected chi connectivity index (χ3v) is 9.21. The number of allylic oxidation sites excluding steroid dienone is 12. The molecule has 0 saturated heterocycles. The van der Waals surface area contributed by atoms with Crippen LogP contribution >= 0.6 is 0 Å². The number of hydrogen-bond donors (Lipinski definition) is 0. The highest BCUT2D eigenvalue weighted by Crippen LogP contribution is 2.12. The van der Waals surface area contributed by atoms with Crippen LogP contribution in [-0.2, 0) is 28.6 Å². The molecule has 0 rings (SSSR count). The Morgan fingerprint density at radius 2 is 0.745 bits per heavy atom. The summed E-state index contributed by atoms with van der Waals surface area (Å²) in [5.41, 5.74) is 0. The monoisotopic (exact) mass is 767 g/mol. The Hall–Kier alpha value is -3.15. The van der Waals surface area contributed by atoms with Gasteiger partial charge in [-0.1, -0.05) is 177 Å². The number of hydrogen-bond acceptors (Lipinski definition) is 6. The molecule has 55 heavy (non-hydrogen) atoms. The summed E-state index contributed by atoms with van der Waals surface area (Å²) in [6, 6.07) is 0. The number of unbranched alkanes of at least 4 members (excludes halogenated alkanes) is 17. The van der Waals surface area contributed by atoms with Gasteiger partial charge in [-0.3, -0.25) is 14.4 Å². The van der Waals surface area contributed by atoms with E-state index in [0.29, 0.717) is 12.8 Å². The quantitative estimate of drug-likeness (QED) is 0.0204. The van der Waals surface area contributed by atoms with Crippen molar-refractivity contribution in [3.05, 3.63) is 72.9 Å². The number of ether oxygens (including phenoxy) is 3. The van der Waals surface area contributed by atoms with E-state index in [2.05, 4.69) is 93.7 Å². The van der Waals surface area contributed by atoms with Gasteiger partial charge < -0.3 is 14.2 Å². The van der Waals surface area contributed by atoms with E-state index in [1.54, 1.807) is 0 Å². The molecule has 0 spiro atoms. The van der Waals surface area contributed by atoms with Crippen LogP contribution < -0.4 is 0 Å². The van der Waals surface area contributed by atoms with Gasteiger partial charge in [0.2, 0.25) is 0 Å². The van der Waals surface area contributed by atoms with Gasteiger partial charge in [-0.2, -0.15) is 0 Å². The van der Waals surface area contributed by atoms with Gasteiger partial charge in [0, 0.05) is 19.3 Å². The Labute approximate surface area is 338 Å². The molecule has 0 aliphatic heterocycles. The first-order valence-corrected chi connectivity index (χ1v) is 22.5. The minimum atomic E-state index is -0.806. The Balaban J connectivity index is 4.48. The summed E-state index contributed by atoms with van der Waals surface area (Å²) < 4.78 is 16.6. The van der Waals surface area contributed by atoms with Gasteiger partial charge in [-0.15, -0.1) is 0 Å². The van der Waals surface area contributed by atoms with E-state index in [9.17, 15) is 14.4 Å². The Kier molecular flexibility index (Phi) is 41.1. The first-order chi connectivity index (χ1) is 27.0. The molecule has 0 aromatic carbocycles. The molecule has 6 heteroatoms. The minimum absolute atomic E-state index is 0.103. The molecule has 1 atom stereocenters. The van der Waals surface area contributed by atoms with Gasteiger partial charge in [-0.25, -0.2) is 0 Å². The van der Waals surface area contributed by atoms with E-state index >= 15 is 0 Å². The van der Waals surface area contributed by atoms with Gasteiger partial charge in [0.1, 0.15) is 13.2 Å². The van der Waals surface area contributed by atoms with Crippen LogP contribution in [0.2, 0.25) is 0 Å².